The smallest absolute Gasteiger partial charge is 0.321 e. The molecule has 22 heavy (non-hydrogen) atoms. The van der Waals surface area contributed by atoms with E-state index in [9.17, 15) is 4.79 Å². The van der Waals surface area contributed by atoms with E-state index in [1.165, 1.54) is 5.56 Å². The topological polar surface area (TPSA) is 45.2 Å². The lowest BCUT2D eigenvalue weighted by Gasteiger charge is -2.32. The highest BCUT2D eigenvalue weighted by Crippen LogP contribution is 2.34. The predicted molar refractivity (Wildman–Crippen MR) is 90.8 cm³/mol. The Morgan fingerprint density at radius 2 is 2.27 bits per heavy atom. The maximum atomic E-state index is 12.5. The van der Waals surface area contributed by atoms with E-state index in [4.69, 9.17) is 0 Å². The van der Waals surface area contributed by atoms with Gasteiger partial charge in [-0.2, -0.15) is 0 Å². The number of anilines is 1. The van der Waals surface area contributed by atoms with Crippen molar-refractivity contribution in [2.24, 2.45) is 0 Å². The number of nitrogens with zero attached hydrogens (tertiary/aromatic N) is 2. The number of thiazole rings is 1. The quantitative estimate of drug-likeness (QED) is 0.938. The number of aryl methyl sites for hydroxylation is 1. The molecule has 0 fully saturated rings. The largest absolute Gasteiger partial charge is 0.337 e. The summed E-state index contributed by atoms with van der Waals surface area (Å²) >= 11 is 1.65. The lowest BCUT2D eigenvalue weighted by Crippen LogP contribution is -2.43. The Bertz CT molecular complexity index is 667. The SMILES string of the molecule is Cc1nc(CCNC(=O)N2CC[C@@H](C)c3ccccc32)cs1. The third-order valence-electron chi connectivity index (χ3n) is 4.11. The third kappa shape index (κ3) is 3.14. The minimum absolute atomic E-state index is 0.00805. The Morgan fingerprint density at radius 1 is 1.45 bits per heavy atom. The zero-order valence-corrected chi connectivity index (χ0v) is 13.8. The normalized spacial score (nSPS) is 17.2. The van der Waals surface area contributed by atoms with Crippen LogP contribution in [0.25, 0.3) is 0 Å². The molecule has 116 valence electrons. The number of hydrogen-bond acceptors (Lipinski definition) is 3. The number of amides is 2. The van der Waals surface area contributed by atoms with E-state index in [0.29, 0.717) is 12.5 Å². The Labute approximate surface area is 135 Å². The van der Waals surface area contributed by atoms with Crippen LogP contribution in [0.5, 0.6) is 0 Å². The summed E-state index contributed by atoms with van der Waals surface area (Å²) in [4.78, 5) is 18.7. The van der Waals surface area contributed by atoms with Crippen LogP contribution in [-0.4, -0.2) is 24.1 Å². The Kier molecular flexibility index (Phi) is 4.43. The van der Waals surface area contributed by atoms with E-state index in [0.717, 1.165) is 35.8 Å². The van der Waals surface area contributed by atoms with Gasteiger partial charge in [0.25, 0.3) is 0 Å². The van der Waals surface area contributed by atoms with Gasteiger partial charge in [-0.3, -0.25) is 4.90 Å². The average molecular weight is 315 g/mol. The van der Waals surface area contributed by atoms with Gasteiger partial charge in [0.15, 0.2) is 0 Å². The van der Waals surface area contributed by atoms with Crippen LogP contribution in [0.1, 0.15) is 35.5 Å². The van der Waals surface area contributed by atoms with Gasteiger partial charge in [-0.25, -0.2) is 9.78 Å². The van der Waals surface area contributed by atoms with Crippen LogP contribution in [0.3, 0.4) is 0 Å². The van der Waals surface area contributed by atoms with Crippen LogP contribution in [0.4, 0.5) is 10.5 Å². The molecule has 2 heterocycles. The van der Waals surface area contributed by atoms with Gasteiger partial charge >= 0.3 is 6.03 Å². The number of para-hydroxylation sites is 1. The van der Waals surface area contributed by atoms with E-state index in [1.807, 2.05) is 30.0 Å². The number of carbonyl (C=O) groups excluding carboxylic acids is 1. The molecule has 0 unspecified atom stereocenters. The summed E-state index contributed by atoms with van der Waals surface area (Å²) in [5.74, 6) is 0.512. The lowest BCUT2D eigenvalue weighted by atomic mass is 9.92. The first-order valence-electron chi connectivity index (χ1n) is 7.70. The molecule has 4 nitrogen and oxygen atoms in total. The molecule has 1 atom stereocenters. The molecule has 1 aliphatic rings. The Hall–Kier alpha value is -1.88. The van der Waals surface area contributed by atoms with Crippen molar-refractivity contribution in [1.29, 1.82) is 0 Å². The fraction of sp³-hybridized carbons (Fsp3) is 0.412. The van der Waals surface area contributed by atoms with E-state index >= 15 is 0 Å². The van der Waals surface area contributed by atoms with Crippen LogP contribution in [0, 0.1) is 6.92 Å². The second kappa shape index (κ2) is 6.48. The van der Waals surface area contributed by atoms with Crippen molar-refractivity contribution in [2.75, 3.05) is 18.0 Å². The van der Waals surface area contributed by atoms with Gasteiger partial charge < -0.3 is 5.32 Å². The molecule has 0 aliphatic carbocycles. The van der Waals surface area contributed by atoms with Crippen LogP contribution in [0.2, 0.25) is 0 Å². The lowest BCUT2D eigenvalue weighted by molar-refractivity contribution is 0.245. The summed E-state index contributed by atoms with van der Waals surface area (Å²) < 4.78 is 0. The van der Waals surface area contributed by atoms with E-state index in [-0.39, 0.29) is 6.03 Å². The maximum Gasteiger partial charge on any atom is 0.321 e. The zero-order valence-electron chi connectivity index (χ0n) is 13.0. The highest BCUT2D eigenvalue weighted by atomic mass is 32.1. The van der Waals surface area contributed by atoms with Crippen molar-refractivity contribution in [3.8, 4) is 0 Å². The summed E-state index contributed by atoms with van der Waals surface area (Å²) in [6.07, 6.45) is 1.79. The van der Waals surface area contributed by atoms with Crippen molar-refractivity contribution < 1.29 is 4.79 Å². The van der Waals surface area contributed by atoms with Gasteiger partial charge in [0.2, 0.25) is 0 Å². The molecule has 2 aromatic rings. The number of fused-ring (bicyclic) bond motifs is 1. The molecule has 3 rings (SSSR count). The molecule has 0 radical (unpaired) electrons. The third-order valence-corrected chi connectivity index (χ3v) is 4.94. The number of aromatic nitrogens is 1. The molecule has 0 bridgehead atoms. The average Bonchev–Trinajstić information content (AvgIpc) is 2.93. The number of carbonyl (C=O) groups is 1. The molecule has 0 saturated heterocycles. The van der Waals surface area contributed by atoms with Crippen molar-refractivity contribution in [2.45, 2.75) is 32.6 Å². The van der Waals surface area contributed by atoms with Gasteiger partial charge in [0.05, 0.1) is 10.7 Å². The van der Waals surface area contributed by atoms with Gasteiger partial charge in [-0.15, -0.1) is 11.3 Å². The minimum Gasteiger partial charge on any atom is -0.337 e. The van der Waals surface area contributed by atoms with Crippen molar-refractivity contribution in [1.82, 2.24) is 10.3 Å². The molecule has 5 heteroatoms. The minimum atomic E-state index is -0.00805. The van der Waals surface area contributed by atoms with Gasteiger partial charge in [-0.05, 0) is 30.9 Å². The second-order valence-corrected chi connectivity index (χ2v) is 6.80. The van der Waals surface area contributed by atoms with Crippen molar-refractivity contribution >= 4 is 23.1 Å². The summed E-state index contributed by atoms with van der Waals surface area (Å²) in [5, 5.41) is 6.14. The first-order chi connectivity index (χ1) is 10.6. The number of benzene rings is 1. The summed E-state index contributed by atoms with van der Waals surface area (Å²) in [7, 11) is 0. The fourth-order valence-corrected chi connectivity index (χ4v) is 3.52. The Morgan fingerprint density at radius 3 is 3.05 bits per heavy atom. The molecule has 1 aromatic heterocycles. The molecule has 0 saturated carbocycles. The molecule has 1 aromatic carbocycles. The maximum absolute atomic E-state index is 12.5. The van der Waals surface area contributed by atoms with Crippen molar-refractivity contribution in [3.63, 3.8) is 0 Å². The molecule has 1 aliphatic heterocycles. The molecule has 2 amide bonds. The van der Waals surface area contributed by atoms with E-state index in [2.05, 4.69) is 28.7 Å². The first kappa shape index (κ1) is 15.0. The second-order valence-electron chi connectivity index (χ2n) is 5.74. The highest BCUT2D eigenvalue weighted by Gasteiger charge is 2.25. The van der Waals surface area contributed by atoms with Crippen LogP contribution in [-0.2, 0) is 6.42 Å². The zero-order chi connectivity index (χ0) is 15.5. The number of rotatable bonds is 3. The Balaban J connectivity index is 1.62. The standard InChI is InChI=1S/C17H21N3OS/c1-12-8-10-20(16-6-4-3-5-15(12)16)17(21)18-9-7-14-11-22-13(2)19-14/h3-6,11-12H,7-10H2,1-2H3,(H,18,21)/t12-/m1/s1. The number of nitrogens with one attached hydrogen (secondary N) is 1. The fourth-order valence-electron chi connectivity index (χ4n) is 2.88. The summed E-state index contributed by atoms with van der Waals surface area (Å²) in [6, 6.07) is 8.19. The number of urea groups is 1. The monoisotopic (exact) mass is 315 g/mol. The van der Waals surface area contributed by atoms with E-state index in [1.54, 1.807) is 11.3 Å². The molecular formula is C17H21N3OS. The summed E-state index contributed by atoms with van der Waals surface area (Å²) in [6.45, 7) is 5.62. The first-order valence-corrected chi connectivity index (χ1v) is 8.58. The molecular weight excluding hydrogens is 294 g/mol. The van der Waals surface area contributed by atoms with Crippen LogP contribution >= 0.6 is 11.3 Å². The highest BCUT2D eigenvalue weighted by molar-refractivity contribution is 7.09. The van der Waals surface area contributed by atoms with Gasteiger partial charge in [-0.1, -0.05) is 25.1 Å². The molecule has 1 N–H and O–H groups in total. The van der Waals surface area contributed by atoms with Crippen molar-refractivity contribution in [3.05, 3.63) is 45.9 Å². The van der Waals surface area contributed by atoms with Gasteiger partial charge in [0, 0.05) is 30.6 Å². The summed E-state index contributed by atoms with van der Waals surface area (Å²) in [5.41, 5.74) is 3.36. The van der Waals surface area contributed by atoms with Crippen LogP contribution in [0.15, 0.2) is 29.6 Å². The number of hydrogen-bond donors (Lipinski definition) is 1. The van der Waals surface area contributed by atoms with Gasteiger partial charge in [0.1, 0.15) is 0 Å². The predicted octanol–water partition coefficient (Wildman–Crippen LogP) is 3.72. The van der Waals surface area contributed by atoms with E-state index < -0.39 is 0 Å². The molecule has 0 spiro atoms. The van der Waals surface area contributed by atoms with Crippen LogP contribution < -0.4 is 10.2 Å².